The molecule has 35 heavy (non-hydrogen) atoms. The van der Waals surface area contributed by atoms with Crippen LogP contribution >= 0.6 is 0 Å². The van der Waals surface area contributed by atoms with Gasteiger partial charge >= 0.3 is 18.0 Å². The summed E-state index contributed by atoms with van der Waals surface area (Å²) in [7, 11) is 0. The number of aliphatic carboxylic acids is 1. The van der Waals surface area contributed by atoms with Gasteiger partial charge in [0.2, 0.25) is 6.04 Å². The maximum Gasteiger partial charge on any atom is 0.408 e. The molecule has 0 saturated heterocycles. The Kier molecular flexibility index (Phi) is 7.33. The molecule has 184 valence electrons. The average Bonchev–Trinajstić information content (AvgIpc) is 3.63. The van der Waals surface area contributed by atoms with Gasteiger partial charge in [-0.2, -0.15) is 0 Å². The molecule has 2 amide bonds. The Balaban J connectivity index is 1.45. The molecule has 4 rings (SSSR count). The van der Waals surface area contributed by atoms with E-state index in [1.807, 2.05) is 48.5 Å². The highest BCUT2D eigenvalue weighted by molar-refractivity contribution is 6.04. The zero-order chi connectivity index (χ0) is 24.9. The van der Waals surface area contributed by atoms with E-state index < -0.39 is 30.0 Å². The molecule has 0 aliphatic heterocycles. The zero-order valence-corrected chi connectivity index (χ0v) is 19.4. The Morgan fingerprint density at radius 3 is 2.14 bits per heavy atom. The predicted octanol–water partition coefficient (Wildman–Crippen LogP) is 2.92. The minimum Gasteiger partial charge on any atom is -0.481 e. The second kappa shape index (κ2) is 10.6. The fourth-order valence-corrected chi connectivity index (χ4v) is 4.45. The molecule has 1 fully saturated rings. The summed E-state index contributed by atoms with van der Waals surface area (Å²) < 4.78 is 10.5. The molecule has 1 atom stereocenters. The number of carbonyl (C=O) groups excluding carboxylic acids is 3. The highest BCUT2D eigenvalue weighted by Gasteiger charge is 2.40. The fraction of sp³-hybridized carbons (Fsp3) is 0.385. The molecule has 1 unspecified atom stereocenters. The summed E-state index contributed by atoms with van der Waals surface area (Å²) in [4.78, 5) is 50.7. The number of carboxylic acids is 1. The van der Waals surface area contributed by atoms with Crippen LogP contribution in [0.15, 0.2) is 48.5 Å². The lowest BCUT2D eigenvalue weighted by atomic mass is 9.98. The van der Waals surface area contributed by atoms with Gasteiger partial charge in [0.1, 0.15) is 6.61 Å². The predicted molar refractivity (Wildman–Crippen MR) is 126 cm³/mol. The molecule has 0 aromatic heterocycles. The van der Waals surface area contributed by atoms with Gasteiger partial charge in [-0.25, -0.2) is 9.59 Å². The van der Waals surface area contributed by atoms with E-state index in [0.29, 0.717) is 12.8 Å². The van der Waals surface area contributed by atoms with Crippen molar-refractivity contribution >= 4 is 23.9 Å². The van der Waals surface area contributed by atoms with Gasteiger partial charge in [-0.05, 0) is 42.0 Å². The number of rotatable bonds is 10. The van der Waals surface area contributed by atoms with Crippen molar-refractivity contribution in [3.8, 4) is 11.1 Å². The van der Waals surface area contributed by atoms with Crippen molar-refractivity contribution in [2.24, 2.45) is 0 Å². The molecule has 2 aliphatic rings. The first kappa shape index (κ1) is 24.3. The number of nitrogens with one attached hydrogen (secondary N) is 1. The molecule has 0 spiro atoms. The van der Waals surface area contributed by atoms with E-state index >= 15 is 0 Å². The SMILES string of the molecule is CCOC(=O)C(NC(=O)OCC1c2ccccc2-c2ccccc21)C(=O)N(CCC(=O)O)C1CC1. The summed E-state index contributed by atoms with van der Waals surface area (Å²) in [6.45, 7) is 1.58. The summed E-state index contributed by atoms with van der Waals surface area (Å²) in [6, 6.07) is 14.0. The molecular weight excluding hydrogens is 452 g/mol. The van der Waals surface area contributed by atoms with Gasteiger partial charge in [-0.15, -0.1) is 0 Å². The third-order valence-electron chi connectivity index (χ3n) is 6.21. The van der Waals surface area contributed by atoms with Crippen molar-refractivity contribution in [2.75, 3.05) is 19.8 Å². The van der Waals surface area contributed by atoms with Gasteiger partial charge in [-0.1, -0.05) is 48.5 Å². The van der Waals surface area contributed by atoms with Crippen molar-refractivity contribution in [3.63, 3.8) is 0 Å². The third kappa shape index (κ3) is 5.45. The van der Waals surface area contributed by atoms with Gasteiger partial charge in [0, 0.05) is 18.5 Å². The van der Waals surface area contributed by atoms with Gasteiger partial charge in [0.15, 0.2) is 0 Å². The van der Waals surface area contributed by atoms with Gasteiger partial charge in [0.25, 0.3) is 5.91 Å². The van der Waals surface area contributed by atoms with Crippen LogP contribution in [0.25, 0.3) is 11.1 Å². The number of alkyl carbamates (subject to hydrolysis) is 1. The van der Waals surface area contributed by atoms with Crippen LogP contribution in [-0.4, -0.2) is 65.8 Å². The number of hydrogen-bond acceptors (Lipinski definition) is 6. The standard InChI is InChI=1S/C26H28N2O7/c1-2-34-25(32)23(24(31)28(16-11-12-16)14-13-22(29)30)27-26(33)35-15-21-19-9-5-3-7-17(19)18-8-4-6-10-20(18)21/h3-10,16,21,23H,2,11-15H2,1H3,(H,27,33)(H,29,30). The number of ether oxygens (including phenoxy) is 2. The van der Waals surface area contributed by atoms with E-state index in [9.17, 15) is 19.2 Å². The number of amides is 2. The third-order valence-corrected chi connectivity index (χ3v) is 6.21. The monoisotopic (exact) mass is 480 g/mol. The highest BCUT2D eigenvalue weighted by Crippen LogP contribution is 2.44. The maximum atomic E-state index is 13.1. The Morgan fingerprint density at radius 1 is 1.00 bits per heavy atom. The first-order chi connectivity index (χ1) is 16.9. The number of hydrogen-bond donors (Lipinski definition) is 2. The van der Waals surface area contributed by atoms with E-state index in [-0.39, 0.29) is 38.1 Å². The minimum atomic E-state index is -1.61. The molecule has 2 aromatic carbocycles. The smallest absolute Gasteiger partial charge is 0.408 e. The number of carbonyl (C=O) groups is 4. The molecule has 0 radical (unpaired) electrons. The van der Waals surface area contributed by atoms with Gasteiger partial charge < -0.3 is 19.5 Å². The summed E-state index contributed by atoms with van der Waals surface area (Å²) in [6.07, 6.45) is 0.243. The molecule has 1 saturated carbocycles. The van der Waals surface area contributed by atoms with Gasteiger partial charge in [-0.3, -0.25) is 14.9 Å². The Bertz CT molecular complexity index is 1080. The van der Waals surface area contributed by atoms with Crippen LogP contribution in [0.3, 0.4) is 0 Å². The molecule has 0 bridgehead atoms. The number of carboxylic acid groups (broad SMARTS) is 1. The van der Waals surface area contributed by atoms with Crippen molar-refractivity contribution in [3.05, 3.63) is 59.7 Å². The largest absolute Gasteiger partial charge is 0.481 e. The van der Waals surface area contributed by atoms with E-state index in [0.717, 1.165) is 22.3 Å². The molecule has 9 nitrogen and oxygen atoms in total. The lowest BCUT2D eigenvalue weighted by molar-refractivity contribution is -0.152. The summed E-state index contributed by atoms with van der Waals surface area (Å²) in [5, 5.41) is 11.4. The molecule has 2 aliphatic carbocycles. The molecule has 2 N–H and O–H groups in total. The van der Waals surface area contributed by atoms with E-state index in [1.54, 1.807) is 6.92 Å². The van der Waals surface area contributed by atoms with Gasteiger partial charge in [0.05, 0.1) is 13.0 Å². The van der Waals surface area contributed by atoms with Crippen molar-refractivity contribution in [1.29, 1.82) is 0 Å². The van der Waals surface area contributed by atoms with E-state index in [2.05, 4.69) is 5.32 Å². The van der Waals surface area contributed by atoms with Crippen molar-refractivity contribution < 1.29 is 33.8 Å². The van der Waals surface area contributed by atoms with Crippen LogP contribution in [0, 0.1) is 0 Å². The van der Waals surface area contributed by atoms with Crippen LogP contribution < -0.4 is 5.32 Å². The van der Waals surface area contributed by atoms with Crippen LogP contribution in [0.5, 0.6) is 0 Å². The first-order valence-corrected chi connectivity index (χ1v) is 11.7. The number of benzene rings is 2. The summed E-state index contributed by atoms with van der Waals surface area (Å²) in [5.41, 5.74) is 4.23. The highest BCUT2D eigenvalue weighted by atomic mass is 16.6. The minimum absolute atomic E-state index is 0.0214. The maximum absolute atomic E-state index is 13.1. The average molecular weight is 481 g/mol. The van der Waals surface area contributed by atoms with E-state index in [1.165, 1.54) is 4.90 Å². The van der Waals surface area contributed by atoms with Crippen LogP contribution in [-0.2, 0) is 23.9 Å². The molecule has 2 aromatic rings. The van der Waals surface area contributed by atoms with Crippen molar-refractivity contribution in [2.45, 2.75) is 44.2 Å². The number of nitrogens with zero attached hydrogens (tertiary/aromatic N) is 1. The Morgan fingerprint density at radius 2 is 1.60 bits per heavy atom. The normalized spacial score (nSPS) is 14.9. The van der Waals surface area contributed by atoms with Crippen LogP contribution in [0.4, 0.5) is 4.79 Å². The molecular formula is C26H28N2O7. The summed E-state index contributed by atoms with van der Waals surface area (Å²) >= 11 is 0. The van der Waals surface area contributed by atoms with E-state index in [4.69, 9.17) is 14.6 Å². The zero-order valence-electron chi connectivity index (χ0n) is 19.4. The van der Waals surface area contributed by atoms with Crippen LogP contribution in [0.2, 0.25) is 0 Å². The molecule has 0 heterocycles. The fourth-order valence-electron chi connectivity index (χ4n) is 4.45. The second-order valence-electron chi connectivity index (χ2n) is 8.56. The summed E-state index contributed by atoms with van der Waals surface area (Å²) in [5.74, 6) is -2.84. The number of fused-ring (bicyclic) bond motifs is 3. The first-order valence-electron chi connectivity index (χ1n) is 11.7. The lowest BCUT2D eigenvalue weighted by Crippen LogP contribution is -2.54. The quantitative estimate of drug-likeness (QED) is 0.396. The molecule has 9 heteroatoms. The lowest BCUT2D eigenvalue weighted by Gasteiger charge is -2.26. The van der Waals surface area contributed by atoms with Crippen molar-refractivity contribution in [1.82, 2.24) is 10.2 Å². The Labute approximate surface area is 203 Å². The van der Waals surface area contributed by atoms with Crippen LogP contribution in [0.1, 0.15) is 43.2 Å². The Hall–Kier alpha value is -3.88. The second-order valence-corrected chi connectivity index (χ2v) is 8.56. The number of esters is 1. The topological polar surface area (TPSA) is 122 Å².